The van der Waals surface area contributed by atoms with Gasteiger partial charge in [0.2, 0.25) is 10.0 Å². The van der Waals surface area contributed by atoms with Gasteiger partial charge in [-0.2, -0.15) is 9.98 Å². The minimum atomic E-state index is -3.87. The van der Waals surface area contributed by atoms with Gasteiger partial charge in [0.05, 0.1) is 23.6 Å². The van der Waals surface area contributed by atoms with E-state index in [-0.39, 0.29) is 10.5 Å². The fourth-order valence-electron chi connectivity index (χ4n) is 1.82. The third kappa shape index (κ3) is 4.28. The van der Waals surface area contributed by atoms with Crippen molar-refractivity contribution in [3.05, 3.63) is 29.3 Å². The van der Waals surface area contributed by atoms with Crippen LogP contribution in [0.5, 0.6) is 0 Å². The summed E-state index contributed by atoms with van der Waals surface area (Å²) in [5.74, 6) is -0.614. The molecule has 0 amide bonds. The summed E-state index contributed by atoms with van der Waals surface area (Å²) in [7, 11) is -2.65. The number of sulfonamides is 1. The van der Waals surface area contributed by atoms with Gasteiger partial charge in [-0.05, 0) is 31.0 Å². The average Bonchev–Trinajstić information content (AvgIpc) is 2.46. The van der Waals surface area contributed by atoms with Crippen LogP contribution in [0.3, 0.4) is 0 Å². The number of benzene rings is 1. The van der Waals surface area contributed by atoms with Crippen LogP contribution in [0.15, 0.2) is 23.1 Å². The molecule has 0 heterocycles. The molecule has 0 aromatic heterocycles. The van der Waals surface area contributed by atoms with E-state index in [1.807, 2.05) is 13.0 Å². The summed E-state index contributed by atoms with van der Waals surface area (Å²) in [5.41, 5.74) is 0.635. The van der Waals surface area contributed by atoms with Gasteiger partial charge < -0.3 is 4.74 Å². The Kier molecular flexibility index (Phi) is 5.88. The van der Waals surface area contributed by atoms with Crippen molar-refractivity contribution in [2.24, 2.45) is 0 Å². The summed E-state index contributed by atoms with van der Waals surface area (Å²) in [6, 6.07) is 5.40. The van der Waals surface area contributed by atoms with Crippen molar-refractivity contribution < 1.29 is 17.9 Å². The molecule has 0 aliphatic carbocycles. The quantitative estimate of drug-likeness (QED) is 0.807. The van der Waals surface area contributed by atoms with Gasteiger partial charge in [-0.25, -0.2) is 13.2 Å². The van der Waals surface area contributed by atoms with E-state index in [2.05, 4.69) is 9.46 Å². The molecule has 1 N–H and O–H groups in total. The minimum absolute atomic E-state index is 0.0262. The Morgan fingerprint density at radius 1 is 1.48 bits per heavy atom. The Balaban J connectivity index is 3.19. The maximum absolute atomic E-state index is 12.3. The second kappa shape index (κ2) is 7.20. The number of nitrogens with one attached hydrogen (secondary N) is 1. The second-order valence-corrected chi connectivity index (χ2v) is 6.25. The molecule has 7 heteroatoms. The Morgan fingerprint density at radius 2 is 2.14 bits per heavy atom. The van der Waals surface area contributed by atoms with Crippen LogP contribution in [0.2, 0.25) is 0 Å². The van der Waals surface area contributed by atoms with E-state index in [0.29, 0.717) is 18.4 Å². The lowest BCUT2D eigenvalue weighted by Gasteiger charge is -2.13. The number of hydrogen-bond acceptors (Lipinski definition) is 5. The summed E-state index contributed by atoms with van der Waals surface area (Å²) in [4.78, 5) is 11.5. The van der Waals surface area contributed by atoms with Crippen molar-refractivity contribution in [2.45, 2.75) is 37.6 Å². The molecule has 0 fully saturated rings. The third-order valence-corrected chi connectivity index (χ3v) is 4.54. The first kappa shape index (κ1) is 17.1. The molecule has 1 aromatic carbocycles. The summed E-state index contributed by atoms with van der Waals surface area (Å²) in [6.07, 6.45) is 1.10. The molecule has 0 spiro atoms. The maximum atomic E-state index is 12.3. The SMILES string of the molecule is CCC[C@H](C#N)NS(=O)(=O)c1cc(C(=O)OC)ccc1C. The van der Waals surface area contributed by atoms with E-state index in [1.54, 1.807) is 6.92 Å². The summed E-state index contributed by atoms with van der Waals surface area (Å²) in [5, 5.41) is 8.97. The first-order chi connectivity index (χ1) is 9.85. The Morgan fingerprint density at radius 3 is 2.67 bits per heavy atom. The number of nitrogens with zero attached hydrogens (tertiary/aromatic N) is 1. The van der Waals surface area contributed by atoms with Crippen LogP contribution in [-0.4, -0.2) is 27.5 Å². The molecule has 1 rings (SSSR count). The molecule has 0 unspecified atom stereocenters. The average molecular weight is 310 g/mol. The molecule has 0 aliphatic rings. The van der Waals surface area contributed by atoms with Gasteiger partial charge >= 0.3 is 5.97 Å². The molecule has 0 saturated carbocycles. The van der Waals surface area contributed by atoms with Crippen LogP contribution < -0.4 is 4.72 Å². The van der Waals surface area contributed by atoms with Gasteiger partial charge in [-0.1, -0.05) is 19.4 Å². The zero-order valence-electron chi connectivity index (χ0n) is 12.2. The van der Waals surface area contributed by atoms with Crippen molar-refractivity contribution in [1.29, 1.82) is 5.26 Å². The summed E-state index contributed by atoms with van der Waals surface area (Å²) in [6.45, 7) is 3.48. The van der Waals surface area contributed by atoms with Crippen molar-refractivity contribution in [3.63, 3.8) is 0 Å². The van der Waals surface area contributed by atoms with Gasteiger partial charge in [-0.15, -0.1) is 0 Å². The summed E-state index contributed by atoms with van der Waals surface area (Å²) < 4.78 is 31.6. The highest BCUT2D eigenvalue weighted by Crippen LogP contribution is 2.18. The predicted molar refractivity (Wildman–Crippen MR) is 77.1 cm³/mol. The maximum Gasteiger partial charge on any atom is 0.337 e. The molecule has 1 aromatic rings. The highest BCUT2D eigenvalue weighted by molar-refractivity contribution is 7.89. The lowest BCUT2D eigenvalue weighted by molar-refractivity contribution is 0.0600. The van der Waals surface area contributed by atoms with Crippen LogP contribution in [0.1, 0.15) is 35.7 Å². The Labute approximate surface area is 124 Å². The number of hydrogen-bond donors (Lipinski definition) is 1. The molecule has 1 atom stereocenters. The molecule has 0 aliphatic heterocycles. The number of nitriles is 1. The number of rotatable bonds is 6. The first-order valence-corrected chi connectivity index (χ1v) is 7.95. The number of methoxy groups -OCH3 is 1. The topological polar surface area (TPSA) is 96.3 Å². The first-order valence-electron chi connectivity index (χ1n) is 6.46. The zero-order valence-corrected chi connectivity index (χ0v) is 13.0. The van der Waals surface area contributed by atoms with Crippen molar-refractivity contribution in [1.82, 2.24) is 4.72 Å². The standard InChI is InChI=1S/C14H18N2O4S/c1-4-5-12(9-15)16-21(18,19)13-8-11(14(17)20-3)7-6-10(13)2/h6-8,12,16H,4-5H2,1-3H3/t12-/m1/s1. The smallest absolute Gasteiger partial charge is 0.337 e. The second-order valence-electron chi connectivity index (χ2n) is 4.56. The van der Waals surface area contributed by atoms with Crippen LogP contribution in [-0.2, 0) is 14.8 Å². The van der Waals surface area contributed by atoms with Crippen molar-refractivity contribution in [3.8, 4) is 6.07 Å². The van der Waals surface area contributed by atoms with Gasteiger partial charge in [0.25, 0.3) is 0 Å². The van der Waals surface area contributed by atoms with Crippen molar-refractivity contribution >= 4 is 16.0 Å². The van der Waals surface area contributed by atoms with Crippen LogP contribution in [0.4, 0.5) is 0 Å². The molecule has 0 radical (unpaired) electrons. The van der Waals surface area contributed by atoms with E-state index < -0.39 is 22.0 Å². The monoisotopic (exact) mass is 310 g/mol. The van der Waals surface area contributed by atoms with Crippen LogP contribution in [0.25, 0.3) is 0 Å². The molecule has 21 heavy (non-hydrogen) atoms. The molecule has 114 valence electrons. The minimum Gasteiger partial charge on any atom is -0.465 e. The Bertz CT molecular complexity index is 662. The molecular weight excluding hydrogens is 292 g/mol. The molecular formula is C14H18N2O4S. The van der Waals surface area contributed by atoms with Crippen LogP contribution >= 0.6 is 0 Å². The highest BCUT2D eigenvalue weighted by atomic mass is 32.2. The molecule has 0 saturated heterocycles. The van der Waals surface area contributed by atoms with Crippen molar-refractivity contribution in [2.75, 3.05) is 7.11 Å². The Hall–Kier alpha value is -1.91. The number of carbonyl (C=O) groups is 1. The number of aryl methyl sites for hydroxylation is 1. The molecule has 0 bridgehead atoms. The van der Waals surface area contributed by atoms with Gasteiger partial charge in [0, 0.05) is 0 Å². The van der Waals surface area contributed by atoms with Gasteiger partial charge in [0.15, 0.2) is 0 Å². The van der Waals surface area contributed by atoms with Gasteiger partial charge in [-0.3, -0.25) is 0 Å². The van der Waals surface area contributed by atoms with Crippen LogP contribution in [0, 0.1) is 18.3 Å². The van der Waals surface area contributed by atoms with E-state index in [0.717, 1.165) is 0 Å². The summed E-state index contributed by atoms with van der Waals surface area (Å²) >= 11 is 0. The van der Waals surface area contributed by atoms with E-state index >= 15 is 0 Å². The van der Waals surface area contributed by atoms with E-state index in [9.17, 15) is 13.2 Å². The number of carbonyl (C=O) groups excluding carboxylic acids is 1. The lowest BCUT2D eigenvalue weighted by Crippen LogP contribution is -2.34. The van der Waals surface area contributed by atoms with E-state index in [4.69, 9.17) is 5.26 Å². The normalized spacial score (nSPS) is 12.5. The largest absolute Gasteiger partial charge is 0.465 e. The number of ether oxygens (including phenoxy) is 1. The lowest BCUT2D eigenvalue weighted by atomic mass is 10.1. The fourth-order valence-corrected chi connectivity index (χ4v) is 3.27. The van der Waals surface area contributed by atoms with Gasteiger partial charge in [0.1, 0.15) is 6.04 Å². The molecule has 6 nitrogen and oxygen atoms in total. The highest BCUT2D eigenvalue weighted by Gasteiger charge is 2.22. The number of esters is 1. The zero-order chi connectivity index (χ0) is 16.0. The fraction of sp³-hybridized carbons (Fsp3) is 0.429. The predicted octanol–water partition coefficient (Wildman–Crippen LogP) is 1.75. The van der Waals surface area contributed by atoms with E-state index in [1.165, 1.54) is 25.3 Å². The third-order valence-electron chi connectivity index (χ3n) is 2.93.